The number of hydrogen-bond donors (Lipinski definition) is 1. The molecule has 0 aliphatic carbocycles. The van der Waals surface area contributed by atoms with E-state index >= 15 is 0 Å². The SMILES string of the molecule is CC(C)C(C(=O)OCC(=O)NC1CCS(=O)(=O)C1)N1C(=O)c2ccccc2C1=O. The molecule has 9 nitrogen and oxygen atoms in total. The van der Waals surface area contributed by atoms with E-state index in [9.17, 15) is 27.6 Å². The zero-order chi connectivity index (χ0) is 21.3. The fraction of sp³-hybridized carbons (Fsp3) is 0.474. The minimum Gasteiger partial charge on any atom is -0.454 e. The van der Waals surface area contributed by atoms with Crippen LogP contribution in [0.3, 0.4) is 0 Å². The highest BCUT2D eigenvalue weighted by atomic mass is 32.2. The predicted octanol–water partition coefficient (Wildman–Crippen LogP) is 0.154. The molecular weight excluding hydrogens is 400 g/mol. The molecule has 2 heterocycles. The molecule has 2 aliphatic heterocycles. The maximum absolute atomic E-state index is 12.6. The average molecular weight is 422 g/mol. The van der Waals surface area contributed by atoms with Gasteiger partial charge in [-0.3, -0.25) is 19.3 Å². The number of sulfone groups is 1. The lowest BCUT2D eigenvalue weighted by Crippen LogP contribution is -2.49. The number of esters is 1. The van der Waals surface area contributed by atoms with Crippen molar-refractivity contribution in [1.82, 2.24) is 10.2 Å². The standard InChI is InChI=1S/C19H22N2O7S/c1-11(2)16(21-17(23)13-5-3-4-6-14(13)18(21)24)19(25)28-9-15(22)20-12-7-8-29(26,27)10-12/h3-6,11-12,16H,7-10H2,1-2H3,(H,20,22). The molecule has 0 aromatic heterocycles. The fourth-order valence-electron chi connectivity index (χ4n) is 3.54. The summed E-state index contributed by atoms with van der Waals surface area (Å²) in [5, 5.41) is 2.52. The molecule has 29 heavy (non-hydrogen) atoms. The summed E-state index contributed by atoms with van der Waals surface area (Å²) in [6.45, 7) is 2.71. The van der Waals surface area contributed by atoms with Crippen LogP contribution >= 0.6 is 0 Å². The monoisotopic (exact) mass is 422 g/mol. The lowest BCUT2D eigenvalue weighted by Gasteiger charge is -2.27. The molecular formula is C19H22N2O7S. The first-order chi connectivity index (χ1) is 13.6. The summed E-state index contributed by atoms with van der Waals surface area (Å²) in [5.74, 6) is -3.24. The van der Waals surface area contributed by atoms with Crippen LogP contribution in [0.5, 0.6) is 0 Å². The summed E-state index contributed by atoms with van der Waals surface area (Å²) in [7, 11) is -3.15. The second kappa shape index (κ2) is 7.94. The summed E-state index contributed by atoms with van der Waals surface area (Å²) < 4.78 is 27.9. The van der Waals surface area contributed by atoms with Gasteiger partial charge in [0.15, 0.2) is 16.4 Å². The number of carbonyl (C=O) groups excluding carboxylic acids is 4. The summed E-state index contributed by atoms with van der Waals surface area (Å²) >= 11 is 0. The van der Waals surface area contributed by atoms with E-state index in [0.29, 0.717) is 6.42 Å². The number of nitrogens with one attached hydrogen (secondary N) is 1. The molecule has 1 N–H and O–H groups in total. The van der Waals surface area contributed by atoms with Crippen molar-refractivity contribution < 1.29 is 32.3 Å². The largest absolute Gasteiger partial charge is 0.454 e. The second-order valence-corrected chi connectivity index (χ2v) is 9.72. The Hall–Kier alpha value is -2.75. The topological polar surface area (TPSA) is 127 Å². The van der Waals surface area contributed by atoms with E-state index in [4.69, 9.17) is 4.74 Å². The zero-order valence-electron chi connectivity index (χ0n) is 16.1. The third-order valence-corrected chi connectivity index (χ3v) is 6.69. The van der Waals surface area contributed by atoms with E-state index in [1.807, 2.05) is 0 Å². The van der Waals surface area contributed by atoms with Gasteiger partial charge in [0.25, 0.3) is 17.7 Å². The predicted molar refractivity (Wildman–Crippen MR) is 102 cm³/mol. The molecule has 3 rings (SSSR count). The van der Waals surface area contributed by atoms with Gasteiger partial charge >= 0.3 is 5.97 Å². The Kier molecular flexibility index (Phi) is 5.74. The zero-order valence-corrected chi connectivity index (χ0v) is 16.9. The fourth-order valence-corrected chi connectivity index (χ4v) is 5.21. The minimum absolute atomic E-state index is 0.00685. The highest BCUT2D eigenvalue weighted by Crippen LogP contribution is 2.27. The maximum Gasteiger partial charge on any atom is 0.330 e. The number of ether oxygens (including phenoxy) is 1. The maximum atomic E-state index is 12.6. The van der Waals surface area contributed by atoms with Crippen LogP contribution in [0.2, 0.25) is 0 Å². The van der Waals surface area contributed by atoms with Gasteiger partial charge in [-0.15, -0.1) is 0 Å². The van der Waals surface area contributed by atoms with Gasteiger partial charge in [-0.05, 0) is 24.5 Å². The van der Waals surface area contributed by atoms with Crippen molar-refractivity contribution in [1.29, 1.82) is 0 Å². The van der Waals surface area contributed by atoms with Gasteiger partial charge in [0.1, 0.15) is 6.04 Å². The molecule has 10 heteroatoms. The number of imide groups is 1. The molecule has 0 saturated carbocycles. The first-order valence-corrected chi connectivity index (χ1v) is 11.1. The Morgan fingerprint density at radius 2 is 1.76 bits per heavy atom. The van der Waals surface area contributed by atoms with Crippen LogP contribution < -0.4 is 5.32 Å². The van der Waals surface area contributed by atoms with Crippen molar-refractivity contribution in [3.8, 4) is 0 Å². The minimum atomic E-state index is -3.15. The van der Waals surface area contributed by atoms with Crippen molar-refractivity contribution in [2.45, 2.75) is 32.4 Å². The second-order valence-electron chi connectivity index (χ2n) is 7.49. The number of nitrogens with zero attached hydrogens (tertiary/aromatic N) is 1. The van der Waals surface area contributed by atoms with Gasteiger partial charge in [0.2, 0.25) is 0 Å². The van der Waals surface area contributed by atoms with Crippen LogP contribution in [0, 0.1) is 5.92 Å². The van der Waals surface area contributed by atoms with Crippen LogP contribution in [0.4, 0.5) is 0 Å². The Bertz CT molecular complexity index is 936. The van der Waals surface area contributed by atoms with Crippen LogP contribution in [0.1, 0.15) is 41.0 Å². The lowest BCUT2D eigenvalue weighted by molar-refractivity contribution is -0.153. The number of amides is 3. The number of carbonyl (C=O) groups is 4. The van der Waals surface area contributed by atoms with Crippen molar-refractivity contribution in [2.24, 2.45) is 5.92 Å². The third kappa shape index (κ3) is 4.31. The van der Waals surface area contributed by atoms with Crippen LogP contribution in [0.25, 0.3) is 0 Å². The molecule has 0 radical (unpaired) electrons. The highest BCUT2D eigenvalue weighted by molar-refractivity contribution is 7.91. The van der Waals surface area contributed by atoms with E-state index in [-0.39, 0.29) is 22.6 Å². The molecule has 3 amide bonds. The van der Waals surface area contributed by atoms with Gasteiger partial charge in [-0.2, -0.15) is 0 Å². The molecule has 0 spiro atoms. The van der Waals surface area contributed by atoms with Crippen LogP contribution in [-0.2, 0) is 24.2 Å². The summed E-state index contributed by atoms with van der Waals surface area (Å²) in [6, 6.07) is 4.60. The number of fused-ring (bicyclic) bond motifs is 1. The quantitative estimate of drug-likeness (QED) is 0.511. The van der Waals surface area contributed by atoms with E-state index in [1.165, 1.54) is 12.1 Å². The molecule has 2 aliphatic rings. The molecule has 1 aromatic rings. The van der Waals surface area contributed by atoms with Crippen LogP contribution in [0.15, 0.2) is 24.3 Å². The first-order valence-electron chi connectivity index (χ1n) is 9.24. The summed E-state index contributed by atoms with van der Waals surface area (Å²) in [4.78, 5) is 50.8. The summed E-state index contributed by atoms with van der Waals surface area (Å²) in [6.07, 6.45) is 0.311. The molecule has 2 atom stereocenters. The lowest BCUT2D eigenvalue weighted by atomic mass is 10.0. The van der Waals surface area contributed by atoms with Crippen molar-refractivity contribution >= 4 is 33.5 Å². The smallest absolute Gasteiger partial charge is 0.330 e. The van der Waals surface area contributed by atoms with E-state index in [1.54, 1.807) is 26.0 Å². The number of hydrogen-bond acceptors (Lipinski definition) is 7. The van der Waals surface area contributed by atoms with E-state index in [2.05, 4.69) is 5.32 Å². The molecule has 1 aromatic carbocycles. The molecule has 156 valence electrons. The molecule has 1 fully saturated rings. The van der Waals surface area contributed by atoms with E-state index < -0.39 is 58.1 Å². The Labute approximate surface area is 168 Å². The van der Waals surface area contributed by atoms with Gasteiger partial charge in [0.05, 0.1) is 22.6 Å². The van der Waals surface area contributed by atoms with E-state index in [0.717, 1.165) is 4.90 Å². The van der Waals surface area contributed by atoms with Crippen molar-refractivity contribution in [2.75, 3.05) is 18.1 Å². The molecule has 2 unspecified atom stereocenters. The van der Waals surface area contributed by atoms with Crippen LogP contribution in [-0.4, -0.2) is 67.2 Å². The summed E-state index contributed by atoms with van der Waals surface area (Å²) in [5.41, 5.74) is 0.437. The van der Waals surface area contributed by atoms with Crippen molar-refractivity contribution in [3.63, 3.8) is 0 Å². The van der Waals surface area contributed by atoms with Gasteiger partial charge < -0.3 is 10.1 Å². The normalized spacial score (nSPS) is 21.2. The van der Waals surface area contributed by atoms with Crippen molar-refractivity contribution in [3.05, 3.63) is 35.4 Å². The van der Waals surface area contributed by atoms with Gasteiger partial charge in [-0.1, -0.05) is 26.0 Å². The third-order valence-electron chi connectivity index (χ3n) is 4.92. The van der Waals surface area contributed by atoms with Gasteiger partial charge in [-0.25, -0.2) is 13.2 Å². The number of benzene rings is 1. The number of rotatable bonds is 6. The Balaban J connectivity index is 1.64. The molecule has 1 saturated heterocycles. The highest BCUT2D eigenvalue weighted by Gasteiger charge is 2.44. The Morgan fingerprint density at radius 3 is 2.24 bits per heavy atom. The average Bonchev–Trinajstić information content (AvgIpc) is 3.11. The van der Waals surface area contributed by atoms with Gasteiger partial charge in [0, 0.05) is 6.04 Å². The Morgan fingerprint density at radius 1 is 1.17 bits per heavy atom. The molecule has 0 bridgehead atoms. The first kappa shape index (κ1) is 21.0.